The van der Waals surface area contributed by atoms with Crippen molar-refractivity contribution in [3.8, 4) is 0 Å². The van der Waals surface area contributed by atoms with Gasteiger partial charge in [-0.25, -0.2) is 4.79 Å². The van der Waals surface area contributed by atoms with Crippen LogP contribution in [0.2, 0.25) is 0 Å². The first kappa shape index (κ1) is 11.7. The van der Waals surface area contributed by atoms with Gasteiger partial charge in [-0.15, -0.1) is 0 Å². The van der Waals surface area contributed by atoms with Crippen molar-refractivity contribution >= 4 is 6.03 Å². The molecule has 2 atom stereocenters. The van der Waals surface area contributed by atoms with Gasteiger partial charge in [-0.3, -0.25) is 0 Å². The molecule has 0 saturated carbocycles. The van der Waals surface area contributed by atoms with Crippen LogP contribution in [0.15, 0.2) is 0 Å². The largest absolute Gasteiger partial charge is 0.377 e. The van der Waals surface area contributed by atoms with E-state index in [1.54, 1.807) is 0 Å². The smallest absolute Gasteiger partial charge is 0.317 e. The van der Waals surface area contributed by atoms with Crippen molar-refractivity contribution in [1.82, 2.24) is 15.5 Å². The number of ether oxygens (including phenoxy) is 1. The molecule has 0 aromatic carbocycles. The highest BCUT2D eigenvalue weighted by atomic mass is 16.5. The molecule has 0 bridgehead atoms. The molecule has 2 aliphatic heterocycles. The monoisotopic (exact) mass is 227 g/mol. The second kappa shape index (κ2) is 4.59. The lowest BCUT2D eigenvalue weighted by Crippen LogP contribution is -2.50. The molecule has 2 rings (SSSR count). The van der Waals surface area contributed by atoms with Gasteiger partial charge in [-0.05, 0) is 20.3 Å². The van der Waals surface area contributed by atoms with E-state index in [-0.39, 0.29) is 17.7 Å². The number of carbonyl (C=O) groups excluding carboxylic acids is 1. The average molecular weight is 227 g/mol. The summed E-state index contributed by atoms with van der Waals surface area (Å²) in [6.45, 7) is 8.32. The van der Waals surface area contributed by atoms with Gasteiger partial charge in [-0.1, -0.05) is 0 Å². The maximum atomic E-state index is 11.3. The fourth-order valence-electron chi connectivity index (χ4n) is 2.27. The summed E-state index contributed by atoms with van der Waals surface area (Å²) >= 11 is 0. The number of nitrogens with zero attached hydrogens (tertiary/aromatic N) is 1. The summed E-state index contributed by atoms with van der Waals surface area (Å²) in [5, 5.41) is 6.31. The number of hydrogen-bond acceptors (Lipinski definition) is 3. The quantitative estimate of drug-likeness (QED) is 0.720. The Morgan fingerprint density at radius 2 is 2.50 bits per heavy atom. The van der Waals surface area contributed by atoms with Gasteiger partial charge in [0, 0.05) is 38.3 Å². The van der Waals surface area contributed by atoms with Crippen LogP contribution in [0, 0.1) is 0 Å². The van der Waals surface area contributed by atoms with E-state index >= 15 is 0 Å². The Labute approximate surface area is 96.5 Å². The summed E-state index contributed by atoms with van der Waals surface area (Å²) in [6, 6.07) is 0.0580. The predicted octanol–water partition coefficient (Wildman–Crippen LogP) is 0.169. The molecule has 0 spiro atoms. The zero-order valence-corrected chi connectivity index (χ0v) is 10.1. The van der Waals surface area contributed by atoms with E-state index in [2.05, 4.69) is 24.5 Å². The molecule has 0 aliphatic carbocycles. The van der Waals surface area contributed by atoms with Crippen molar-refractivity contribution in [1.29, 1.82) is 0 Å². The first-order valence-corrected chi connectivity index (χ1v) is 6.01. The molecule has 2 heterocycles. The summed E-state index contributed by atoms with van der Waals surface area (Å²) < 4.78 is 5.56. The topological polar surface area (TPSA) is 53.6 Å². The van der Waals surface area contributed by atoms with Gasteiger partial charge < -0.3 is 20.3 Å². The minimum atomic E-state index is 0.0580. The van der Waals surface area contributed by atoms with Crippen LogP contribution in [-0.4, -0.2) is 55.4 Å². The van der Waals surface area contributed by atoms with E-state index in [1.165, 1.54) is 0 Å². The van der Waals surface area contributed by atoms with Crippen LogP contribution in [0.3, 0.4) is 0 Å². The molecule has 92 valence electrons. The highest BCUT2D eigenvalue weighted by Gasteiger charge is 2.36. The summed E-state index contributed by atoms with van der Waals surface area (Å²) in [5.41, 5.74) is 0.0657. The highest BCUT2D eigenvalue weighted by Crippen LogP contribution is 2.24. The molecule has 5 nitrogen and oxygen atoms in total. The molecule has 0 aromatic heterocycles. The Balaban J connectivity index is 1.73. The lowest BCUT2D eigenvalue weighted by Gasteiger charge is -2.30. The normalized spacial score (nSPS) is 34.5. The molecule has 2 N–H and O–H groups in total. The first-order valence-electron chi connectivity index (χ1n) is 6.01. The average Bonchev–Trinajstić information content (AvgIpc) is 2.77. The SMILES string of the molecule is CC1OCCC1(C)NCCN1CCNC1=O. The second-order valence-corrected chi connectivity index (χ2v) is 4.83. The first-order chi connectivity index (χ1) is 7.62. The number of urea groups is 1. The van der Waals surface area contributed by atoms with Gasteiger partial charge in [0.1, 0.15) is 0 Å². The van der Waals surface area contributed by atoms with E-state index in [9.17, 15) is 4.79 Å². The number of nitrogens with one attached hydrogen (secondary N) is 2. The third-order valence-electron chi connectivity index (χ3n) is 3.74. The van der Waals surface area contributed by atoms with Crippen LogP contribution >= 0.6 is 0 Å². The molecule has 2 fully saturated rings. The second-order valence-electron chi connectivity index (χ2n) is 4.83. The van der Waals surface area contributed by atoms with E-state index < -0.39 is 0 Å². The molecule has 2 amide bonds. The Kier molecular flexibility index (Phi) is 3.35. The van der Waals surface area contributed by atoms with Crippen molar-refractivity contribution in [3.63, 3.8) is 0 Å². The molecular weight excluding hydrogens is 206 g/mol. The summed E-state index contributed by atoms with van der Waals surface area (Å²) in [4.78, 5) is 13.2. The fourth-order valence-corrected chi connectivity index (χ4v) is 2.27. The van der Waals surface area contributed by atoms with Gasteiger partial charge >= 0.3 is 6.03 Å². The minimum Gasteiger partial charge on any atom is -0.377 e. The fraction of sp³-hybridized carbons (Fsp3) is 0.909. The predicted molar refractivity (Wildman–Crippen MR) is 61.4 cm³/mol. The number of rotatable bonds is 4. The number of carbonyl (C=O) groups is 1. The third kappa shape index (κ3) is 2.30. The Hall–Kier alpha value is -0.810. The molecule has 2 aliphatic rings. The van der Waals surface area contributed by atoms with Crippen molar-refractivity contribution in [3.05, 3.63) is 0 Å². The molecule has 2 saturated heterocycles. The highest BCUT2D eigenvalue weighted by molar-refractivity contribution is 5.76. The van der Waals surface area contributed by atoms with Crippen molar-refractivity contribution in [2.75, 3.05) is 32.8 Å². The Bertz CT molecular complexity index is 272. The van der Waals surface area contributed by atoms with Crippen LogP contribution in [0.4, 0.5) is 4.79 Å². The van der Waals surface area contributed by atoms with E-state index in [1.807, 2.05) is 4.90 Å². The van der Waals surface area contributed by atoms with Gasteiger partial charge in [0.05, 0.1) is 6.10 Å². The maximum absolute atomic E-state index is 11.3. The summed E-state index contributed by atoms with van der Waals surface area (Å²) in [7, 11) is 0. The van der Waals surface area contributed by atoms with Gasteiger partial charge in [0.25, 0.3) is 0 Å². The van der Waals surface area contributed by atoms with Crippen molar-refractivity contribution in [2.24, 2.45) is 0 Å². The Morgan fingerprint density at radius 3 is 3.06 bits per heavy atom. The summed E-state index contributed by atoms with van der Waals surface area (Å²) in [6.07, 6.45) is 1.29. The Morgan fingerprint density at radius 1 is 1.69 bits per heavy atom. The molecule has 0 radical (unpaired) electrons. The zero-order valence-electron chi connectivity index (χ0n) is 10.1. The van der Waals surface area contributed by atoms with Crippen LogP contribution in [0.25, 0.3) is 0 Å². The van der Waals surface area contributed by atoms with E-state index in [0.29, 0.717) is 0 Å². The number of hydrogen-bond donors (Lipinski definition) is 2. The lowest BCUT2D eigenvalue weighted by atomic mass is 9.95. The van der Waals surface area contributed by atoms with Gasteiger partial charge in [0.2, 0.25) is 0 Å². The minimum absolute atomic E-state index is 0.0580. The lowest BCUT2D eigenvalue weighted by molar-refractivity contribution is 0.0881. The van der Waals surface area contributed by atoms with E-state index in [4.69, 9.17) is 4.74 Å². The van der Waals surface area contributed by atoms with Crippen LogP contribution < -0.4 is 10.6 Å². The number of amides is 2. The molecule has 5 heteroatoms. The standard InChI is InChI=1S/C11H21N3O2/c1-9-11(2,3-8-16-9)13-5-7-14-6-4-12-10(14)15/h9,13H,3-8H2,1-2H3,(H,12,15). The van der Waals surface area contributed by atoms with Crippen LogP contribution in [-0.2, 0) is 4.74 Å². The zero-order chi connectivity index (χ0) is 11.6. The molecule has 2 unspecified atom stereocenters. The molecule has 16 heavy (non-hydrogen) atoms. The van der Waals surface area contributed by atoms with Gasteiger partial charge in [0.15, 0.2) is 0 Å². The summed E-state index contributed by atoms with van der Waals surface area (Å²) in [5.74, 6) is 0. The van der Waals surface area contributed by atoms with Crippen LogP contribution in [0.5, 0.6) is 0 Å². The molecular formula is C11H21N3O2. The molecule has 0 aromatic rings. The maximum Gasteiger partial charge on any atom is 0.317 e. The van der Waals surface area contributed by atoms with Crippen molar-refractivity contribution < 1.29 is 9.53 Å². The van der Waals surface area contributed by atoms with Gasteiger partial charge in [-0.2, -0.15) is 0 Å². The third-order valence-corrected chi connectivity index (χ3v) is 3.74. The van der Waals surface area contributed by atoms with E-state index in [0.717, 1.165) is 39.2 Å². The van der Waals surface area contributed by atoms with Crippen molar-refractivity contribution in [2.45, 2.75) is 31.9 Å². The van der Waals surface area contributed by atoms with Crippen LogP contribution in [0.1, 0.15) is 20.3 Å².